The van der Waals surface area contributed by atoms with Gasteiger partial charge in [0.2, 0.25) is 0 Å². The van der Waals surface area contributed by atoms with Crippen LogP contribution in [0.4, 0.5) is 0 Å². The predicted octanol–water partition coefficient (Wildman–Crippen LogP) is 13.4. The number of hydrogen-bond donors (Lipinski definition) is 0. The van der Waals surface area contributed by atoms with Crippen LogP contribution in [0.2, 0.25) is 0 Å². The fraction of sp³-hybridized carbons (Fsp3) is 0. The largest absolute Gasteiger partial charge is 0.309 e. The molecule has 57 heavy (non-hydrogen) atoms. The molecule has 5 nitrogen and oxygen atoms in total. The molecule has 8 aromatic carbocycles. The van der Waals surface area contributed by atoms with Crippen LogP contribution in [-0.2, 0) is 0 Å². The van der Waals surface area contributed by atoms with Gasteiger partial charge in [0, 0.05) is 64.1 Å². The molecule has 0 fully saturated rings. The van der Waals surface area contributed by atoms with Crippen molar-refractivity contribution in [2.45, 2.75) is 0 Å². The average Bonchev–Trinajstić information content (AvgIpc) is 1.54. The van der Waals surface area contributed by atoms with Gasteiger partial charge < -0.3 is 9.13 Å². The van der Waals surface area contributed by atoms with Crippen molar-refractivity contribution in [3.8, 4) is 45.5 Å². The van der Waals surface area contributed by atoms with Gasteiger partial charge in [0.1, 0.15) is 0 Å². The van der Waals surface area contributed by atoms with E-state index in [-0.39, 0.29) is 9.40 Å². The number of benzene rings is 8. The van der Waals surface area contributed by atoms with Gasteiger partial charge in [0.25, 0.3) is 0 Å². The van der Waals surface area contributed by atoms with Crippen LogP contribution in [0.25, 0.3) is 109 Å². The predicted molar refractivity (Wildman–Crippen MR) is 238 cm³/mol. The summed E-state index contributed by atoms with van der Waals surface area (Å²) in [6.07, 6.45) is 0. The molecule has 0 atom stereocenters. The number of para-hydroxylation sites is 4. The van der Waals surface area contributed by atoms with Crippen LogP contribution >= 0.6 is 11.3 Å². The number of thiophene rings is 1. The molecule has 4 aromatic heterocycles. The molecule has 12 rings (SSSR count). The zero-order valence-corrected chi connectivity index (χ0v) is 29.0. The van der Waals surface area contributed by atoms with Crippen molar-refractivity contribution in [3.05, 3.63) is 187 Å². The maximum absolute atomic E-state index is 10.4. The van der Waals surface area contributed by atoms with Crippen molar-refractivity contribution >= 4 is 75.1 Å². The molecule has 0 saturated heterocycles. The molecule has 0 saturated carbocycles. The first-order valence-electron chi connectivity index (χ1n) is 32.1. The summed E-state index contributed by atoms with van der Waals surface area (Å²) in [7, 11) is 0. The molecule has 266 valence electrons. The standard InChI is InChI=1S/C51H31N5S/c1-4-16-32(17-5-1)49-52-50(33-18-6-2-7-19-33)54-51(53-49)38-25-14-24-37-39-30-40-46(31-44(39)55(48(37)38)34-20-8-3-9-21-34)57-45-29-15-28-43(47(40)45)56-41-26-12-10-22-35(41)36-23-11-13-27-42(36)56/h1-31H/i1D,2D,3D,4D,5D,6D,7D,8D,9D,10D,11D,12D,13D,14D,15D,16D,17D,18D,19D,20D,21D,22D,23D,24D,25D,26D,27D,28D,29D,30D,31D. The van der Waals surface area contributed by atoms with E-state index in [1.807, 2.05) is 0 Å². The Morgan fingerprint density at radius 2 is 0.965 bits per heavy atom. The lowest BCUT2D eigenvalue weighted by atomic mass is 10.0. The Morgan fingerprint density at radius 3 is 1.63 bits per heavy atom. The Labute approximate surface area is 374 Å². The molecular weight excluding hydrogens is 715 g/mol. The van der Waals surface area contributed by atoms with E-state index in [4.69, 9.17) is 27.4 Å². The third kappa shape index (κ3) is 4.91. The van der Waals surface area contributed by atoms with Crippen LogP contribution in [0.5, 0.6) is 0 Å². The third-order valence-corrected chi connectivity index (χ3v) is 10.1. The van der Waals surface area contributed by atoms with Crippen molar-refractivity contribution < 1.29 is 42.5 Å². The Bertz CT molecular complexity index is 5110. The van der Waals surface area contributed by atoms with Gasteiger partial charge in [0.15, 0.2) is 17.5 Å². The number of fused-ring (bicyclic) bond motifs is 9. The summed E-state index contributed by atoms with van der Waals surface area (Å²) in [6.45, 7) is 0. The molecule has 12 aromatic rings. The first-order chi connectivity index (χ1) is 41.2. The third-order valence-electron chi connectivity index (χ3n) is 9.04. The van der Waals surface area contributed by atoms with Crippen molar-refractivity contribution in [2.75, 3.05) is 0 Å². The fourth-order valence-electron chi connectivity index (χ4n) is 6.77. The first-order valence-corrected chi connectivity index (χ1v) is 17.4. The van der Waals surface area contributed by atoms with Crippen LogP contribution in [-0.4, -0.2) is 24.1 Å². The van der Waals surface area contributed by atoms with Crippen LogP contribution in [0.15, 0.2) is 187 Å². The number of nitrogens with zero attached hydrogens (tertiary/aromatic N) is 5. The van der Waals surface area contributed by atoms with Crippen LogP contribution in [0, 0.1) is 0 Å². The monoisotopic (exact) mass is 776 g/mol. The highest BCUT2D eigenvalue weighted by Crippen LogP contribution is 2.45. The molecule has 0 bridgehead atoms. The van der Waals surface area contributed by atoms with E-state index >= 15 is 0 Å². The summed E-state index contributed by atoms with van der Waals surface area (Å²) in [5.74, 6) is -2.68. The van der Waals surface area contributed by atoms with Gasteiger partial charge in [-0.15, -0.1) is 11.3 Å². The minimum absolute atomic E-state index is 0.303. The van der Waals surface area contributed by atoms with Gasteiger partial charge >= 0.3 is 0 Å². The first kappa shape index (κ1) is 14.0. The average molecular weight is 777 g/mol. The number of hydrogen-bond acceptors (Lipinski definition) is 4. The smallest absolute Gasteiger partial charge is 0.166 e. The van der Waals surface area contributed by atoms with Crippen LogP contribution in [0.1, 0.15) is 42.5 Å². The van der Waals surface area contributed by atoms with Crippen molar-refractivity contribution in [2.24, 2.45) is 0 Å². The van der Waals surface area contributed by atoms with E-state index in [0.29, 0.717) is 11.3 Å². The van der Waals surface area contributed by atoms with Gasteiger partial charge in [-0.2, -0.15) is 0 Å². The minimum Gasteiger partial charge on any atom is -0.309 e. The van der Waals surface area contributed by atoms with E-state index in [0.717, 1.165) is 9.13 Å². The van der Waals surface area contributed by atoms with Gasteiger partial charge in [-0.05, 0) is 54.4 Å². The lowest BCUT2D eigenvalue weighted by Crippen LogP contribution is -2.02. The molecule has 0 aliphatic heterocycles. The summed E-state index contributed by atoms with van der Waals surface area (Å²) in [6, 6.07) is -28.0. The summed E-state index contributed by atoms with van der Waals surface area (Å²) >= 11 is 0.530. The molecular formula is C51H31N5S. The maximum Gasteiger partial charge on any atom is 0.166 e. The fourth-order valence-corrected chi connectivity index (χ4v) is 7.78. The highest BCUT2D eigenvalue weighted by Gasteiger charge is 2.23. The van der Waals surface area contributed by atoms with Gasteiger partial charge in [-0.25, -0.2) is 15.0 Å². The molecule has 4 heterocycles. The Morgan fingerprint density at radius 1 is 0.404 bits per heavy atom. The lowest BCUT2D eigenvalue weighted by Gasteiger charge is -2.12. The van der Waals surface area contributed by atoms with Crippen LogP contribution < -0.4 is 0 Å². The summed E-state index contributed by atoms with van der Waals surface area (Å²) in [5.41, 5.74) is -6.25. The number of rotatable bonds is 5. The quantitative estimate of drug-likeness (QED) is 0.175. The molecule has 0 spiro atoms. The molecule has 0 aliphatic rings. The Hall–Kier alpha value is -7.41. The van der Waals surface area contributed by atoms with Gasteiger partial charge in [0.05, 0.1) is 70.2 Å². The van der Waals surface area contributed by atoms with E-state index in [1.54, 1.807) is 0 Å². The number of aromatic nitrogens is 5. The molecule has 6 heteroatoms. The summed E-state index contributed by atoms with van der Waals surface area (Å²) in [4.78, 5) is 13.2. The van der Waals surface area contributed by atoms with E-state index in [2.05, 4.69) is 15.0 Å². The van der Waals surface area contributed by atoms with Crippen molar-refractivity contribution in [1.29, 1.82) is 0 Å². The zero-order chi connectivity index (χ0) is 64.4. The van der Waals surface area contributed by atoms with Gasteiger partial charge in [-0.3, -0.25) is 0 Å². The molecule has 0 unspecified atom stereocenters. The lowest BCUT2D eigenvalue weighted by molar-refractivity contribution is 1.07. The second-order valence-corrected chi connectivity index (χ2v) is 13.1. The minimum atomic E-state index is -1.05. The topological polar surface area (TPSA) is 48.5 Å². The highest BCUT2D eigenvalue weighted by molar-refractivity contribution is 7.26. The Kier molecular flexibility index (Phi) is 3.08. The zero-order valence-electron chi connectivity index (χ0n) is 59.1. The summed E-state index contributed by atoms with van der Waals surface area (Å²) in [5, 5.41) is -3.05. The SMILES string of the molecule is [2H]c1c([2H])c([2H])c(-c2nc(-c3c([2H])c([2H])c([2H])c([2H])c3[2H])nc(-c3c([2H])c([2H])c([2H])c4c5c([2H])c6c(sc7c([2H])c([2H])c([2H])c(-n8c9c([2H])c([2H])c([2H])c([2H])c9c9c([2H])c([2H])c([2H])c([2H])c98)c76)c([2H])c5n(-c5c([2H])c([2H])c([2H])c([2H])c5[2H])c34)n2)c([2H])c1[2H]. The molecule has 0 N–H and O–H groups in total. The molecule has 0 amide bonds. The molecule has 0 radical (unpaired) electrons. The maximum atomic E-state index is 10.4. The van der Waals surface area contributed by atoms with Crippen molar-refractivity contribution in [3.63, 3.8) is 0 Å². The second-order valence-electron chi connectivity index (χ2n) is 12.1. The highest BCUT2D eigenvalue weighted by atomic mass is 32.1. The summed E-state index contributed by atoms with van der Waals surface area (Å²) < 4.78 is 281. The van der Waals surface area contributed by atoms with Crippen molar-refractivity contribution in [1.82, 2.24) is 24.1 Å². The normalized spacial score (nSPS) is 19.5. The molecule has 0 aliphatic carbocycles. The van der Waals surface area contributed by atoms with E-state index in [9.17, 15) is 15.1 Å². The van der Waals surface area contributed by atoms with E-state index in [1.165, 1.54) is 0 Å². The van der Waals surface area contributed by atoms with Gasteiger partial charge in [-0.1, -0.05) is 133 Å². The van der Waals surface area contributed by atoms with Crippen LogP contribution in [0.3, 0.4) is 0 Å². The van der Waals surface area contributed by atoms with E-state index < -0.39 is 287 Å². The Balaban J connectivity index is 1.37. The second kappa shape index (κ2) is 12.6.